The zero-order chi connectivity index (χ0) is 12.4. The fourth-order valence-electron chi connectivity index (χ4n) is 1.79. The van der Waals surface area contributed by atoms with Gasteiger partial charge in [-0.1, -0.05) is 12.1 Å². The van der Waals surface area contributed by atoms with Gasteiger partial charge in [0.2, 0.25) is 5.78 Å². The van der Waals surface area contributed by atoms with E-state index >= 15 is 0 Å². The van der Waals surface area contributed by atoms with Crippen LogP contribution < -0.4 is 4.74 Å². The normalized spacial score (nSPS) is 10.3. The van der Waals surface area contributed by atoms with Crippen LogP contribution in [0.15, 0.2) is 30.3 Å². The van der Waals surface area contributed by atoms with Gasteiger partial charge in [0.05, 0.1) is 17.6 Å². The molecule has 0 atom stereocenters. The van der Waals surface area contributed by atoms with Gasteiger partial charge < -0.3 is 4.74 Å². The molecular formula is C14H14O2S. The molecule has 0 N–H and O–H groups in total. The Hall–Kier alpha value is -1.61. The second-order valence-corrected chi connectivity index (χ2v) is 5.18. The molecule has 0 saturated carbocycles. The van der Waals surface area contributed by atoms with E-state index in [9.17, 15) is 4.79 Å². The average molecular weight is 246 g/mol. The monoisotopic (exact) mass is 246 g/mol. The summed E-state index contributed by atoms with van der Waals surface area (Å²) >= 11 is 1.51. The molecule has 0 aliphatic heterocycles. The Kier molecular flexibility index (Phi) is 3.29. The number of hydrogen-bond acceptors (Lipinski definition) is 3. The van der Waals surface area contributed by atoms with Crippen molar-refractivity contribution in [2.45, 2.75) is 13.8 Å². The first-order chi connectivity index (χ1) is 8.13. The molecule has 0 fully saturated rings. The molecule has 2 nitrogen and oxygen atoms in total. The molecule has 1 heterocycles. The van der Waals surface area contributed by atoms with Crippen molar-refractivity contribution in [3.63, 3.8) is 0 Å². The Balaban J connectivity index is 2.47. The van der Waals surface area contributed by atoms with Gasteiger partial charge >= 0.3 is 0 Å². The number of ether oxygens (including phenoxy) is 1. The molecule has 88 valence electrons. The lowest BCUT2D eigenvalue weighted by Gasteiger charge is -2.09. The number of methoxy groups -OCH3 is 1. The number of hydrogen-bond donors (Lipinski definition) is 0. The maximum atomic E-state index is 12.3. The summed E-state index contributed by atoms with van der Waals surface area (Å²) in [6, 6.07) is 9.45. The minimum absolute atomic E-state index is 0.0312. The molecule has 17 heavy (non-hydrogen) atoms. The summed E-state index contributed by atoms with van der Waals surface area (Å²) in [6.45, 7) is 3.93. The predicted molar refractivity (Wildman–Crippen MR) is 70.2 cm³/mol. The van der Waals surface area contributed by atoms with Crippen molar-refractivity contribution in [3.8, 4) is 5.75 Å². The van der Waals surface area contributed by atoms with Crippen molar-refractivity contribution >= 4 is 17.1 Å². The van der Waals surface area contributed by atoms with E-state index in [4.69, 9.17) is 4.74 Å². The molecule has 0 spiro atoms. The SMILES string of the molecule is COc1c(C)cccc1C(=O)c1ccc(C)s1. The summed E-state index contributed by atoms with van der Waals surface area (Å²) in [4.78, 5) is 14.2. The number of thiophene rings is 1. The van der Waals surface area contributed by atoms with Crippen LogP contribution in [0.4, 0.5) is 0 Å². The van der Waals surface area contributed by atoms with Gasteiger partial charge in [-0.2, -0.15) is 0 Å². The highest BCUT2D eigenvalue weighted by Gasteiger charge is 2.16. The van der Waals surface area contributed by atoms with E-state index in [1.54, 1.807) is 7.11 Å². The molecule has 3 heteroatoms. The van der Waals surface area contributed by atoms with E-state index in [1.165, 1.54) is 11.3 Å². The maximum absolute atomic E-state index is 12.3. The lowest BCUT2D eigenvalue weighted by Crippen LogP contribution is -2.03. The third-order valence-corrected chi connectivity index (χ3v) is 3.62. The first-order valence-corrected chi connectivity index (χ1v) is 6.20. The van der Waals surface area contributed by atoms with Crippen molar-refractivity contribution in [2.75, 3.05) is 7.11 Å². The van der Waals surface area contributed by atoms with Gasteiger partial charge in [-0.05, 0) is 37.6 Å². The molecule has 0 radical (unpaired) electrons. The quantitative estimate of drug-likeness (QED) is 0.773. The smallest absolute Gasteiger partial charge is 0.206 e. The van der Waals surface area contributed by atoms with Crippen molar-refractivity contribution in [2.24, 2.45) is 0 Å². The van der Waals surface area contributed by atoms with E-state index in [0.717, 1.165) is 15.3 Å². The van der Waals surface area contributed by atoms with Gasteiger partial charge in [-0.25, -0.2) is 0 Å². The van der Waals surface area contributed by atoms with Crippen LogP contribution in [0.5, 0.6) is 5.75 Å². The summed E-state index contributed by atoms with van der Waals surface area (Å²) in [5.41, 5.74) is 1.61. The van der Waals surface area contributed by atoms with Gasteiger partial charge in [0.15, 0.2) is 0 Å². The van der Waals surface area contributed by atoms with E-state index in [-0.39, 0.29) is 5.78 Å². The minimum atomic E-state index is 0.0312. The van der Waals surface area contributed by atoms with Gasteiger partial charge in [0, 0.05) is 4.88 Å². The molecule has 2 rings (SSSR count). The molecule has 0 bridgehead atoms. The van der Waals surface area contributed by atoms with Crippen molar-refractivity contribution in [3.05, 3.63) is 51.2 Å². The fourth-order valence-corrected chi connectivity index (χ4v) is 2.61. The highest BCUT2D eigenvalue weighted by molar-refractivity contribution is 7.14. The van der Waals surface area contributed by atoms with Crippen LogP contribution in [-0.4, -0.2) is 12.9 Å². The number of para-hydroxylation sites is 1. The molecule has 0 aliphatic rings. The maximum Gasteiger partial charge on any atom is 0.206 e. The second kappa shape index (κ2) is 4.72. The zero-order valence-electron chi connectivity index (χ0n) is 10.1. The molecule has 0 saturated heterocycles. The summed E-state index contributed by atoms with van der Waals surface area (Å²) in [5, 5.41) is 0. The number of carbonyl (C=O) groups is 1. The lowest BCUT2D eigenvalue weighted by atomic mass is 10.0. The van der Waals surface area contributed by atoms with E-state index in [2.05, 4.69) is 0 Å². The van der Waals surface area contributed by atoms with Crippen molar-refractivity contribution in [1.82, 2.24) is 0 Å². The first-order valence-electron chi connectivity index (χ1n) is 5.38. The van der Waals surface area contributed by atoms with E-state index in [1.807, 2.05) is 44.2 Å². The molecule has 0 amide bonds. The standard InChI is InChI=1S/C14H14O2S/c1-9-5-4-6-11(14(9)16-3)13(15)12-8-7-10(2)17-12/h4-8H,1-3H3. The Bertz CT molecular complexity index is 555. The number of benzene rings is 1. The molecule has 1 aromatic carbocycles. The van der Waals surface area contributed by atoms with Gasteiger partial charge in [0.1, 0.15) is 5.75 Å². The second-order valence-electron chi connectivity index (χ2n) is 3.90. The number of ketones is 1. The topological polar surface area (TPSA) is 26.3 Å². The highest BCUT2D eigenvalue weighted by Crippen LogP contribution is 2.27. The molecular weight excluding hydrogens is 232 g/mol. The van der Waals surface area contributed by atoms with Gasteiger partial charge in [-0.3, -0.25) is 4.79 Å². The third kappa shape index (κ3) is 2.24. The first kappa shape index (κ1) is 11.9. The highest BCUT2D eigenvalue weighted by atomic mass is 32.1. The van der Waals surface area contributed by atoms with Gasteiger partial charge in [0.25, 0.3) is 0 Å². The summed E-state index contributed by atoms with van der Waals surface area (Å²) in [5.74, 6) is 0.701. The largest absolute Gasteiger partial charge is 0.496 e. The molecule has 0 unspecified atom stereocenters. The minimum Gasteiger partial charge on any atom is -0.496 e. The van der Waals surface area contributed by atoms with Crippen LogP contribution in [0, 0.1) is 13.8 Å². The summed E-state index contributed by atoms with van der Waals surface area (Å²) < 4.78 is 5.31. The lowest BCUT2D eigenvalue weighted by molar-refractivity contribution is 0.103. The molecule has 0 aliphatic carbocycles. The molecule has 2 aromatic rings. The zero-order valence-corrected chi connectivity index (χ0v) is 10.9. The van der Waals surface area contributed by atoms with Crippen LogP contribution in [-0.2, 0) is 0 Å². The summed E-state index contributed by atoms with van der Waals surface area (Å²) in [6.07, 6.45) is 0. The summed E-state index contributed by atoms with van der Waals surface area (Å²) in [7, 11) is 1.60. The Morgan fingerprint density at radius 1 is 1.18 bits per heavy atom. The van der Waals surface area contributed by atoms with Crippen LogP contribution in [0.3, 0.4) is 0 Å². The van der Waals surface area contributed by atoms with Crippen LogP contribution in [0.25, 0.3) is 0 Å². The number of aryl methyl sites for hydroxylation is 2. The number of carbonyl (C=O) groups excluding carboxylic acids is 1. The number of rotatable bonds is 3. The van der Waals surface area contributed by atoms with Crippen LogP contribution in [0.2, 0.25) is 0 Å². The van der Waals surface area contributed by atoms with Gasteiger partial charge in [-0.15, -0.1) is 11.3 Å². The Morgan fingerprint density at radius 3 is 2.53 bits per heavy atom. The van der Waals surface area contributed by atoms with E-state index in [0.29, 0.717) is 11.3 Å². The molecule has 1 aromatic heterocycles. The third-order valence-electron chi connectivity index (χ3n) is 2.62. The average Bonchev–Trinajstić information content (AvgIpc) is 2.74. The van der Waals surface area contributed by atoms with Crippen LogP contribution in [0.1, 0.15) is 25.7 Å². The van der Waals surface area contributed by atoms with Crippen molar-refractivity contribution in [1.29, 1.82) is 0 Å². The Morgan fingerprint density at radius 2 is 1.94 bits per heavy atom. The van der Waals surface area contributed by atoms with Crippen LogP contribution >= 0.6 is 11.3 Å². The predicted octanol–water partition coefficient (Wildman–Crippen LogP) is 3.60. The van der Waals surface area contributed by atoms with Crippen molar-refractivity contribution < 1.29 is 9.53 Å². The fraction of sp³-hybridized carbons (Fsp3) is 0.214. The van der Waals surface area contributed by atoms with E-state index < -0.39 is 0 Å². The Labute approximate surface area is 105 Å².